The van der Waals surface area contributed by atoms with Crippen LogP contribution >= 0.6 is 22.9 Å². The van der Waals surface area contributed by atoms with Crippen LogP contribution < -0.4 is 10.7 Å². The Kier molecular flexibility index (Phi) is 8.06. The average Bonchev–Trinajstić information content (AvgIpc) is 3.12. The molecule has 0 bridgehead atoms. The third kappa shape index (κ3) is 6.18. The Morgan fingerprint density at radius 1 is 1.22 bits per heavy atom. The summed E-state index contributed by atoms with van der Waals surface area (Å²) in [7, 11) is 0. The molecule has 0 saturated heterocycles. The third-order valence-electron chi connectivity index (χ3n) is 4.98. The molecule has 32 heavy (non-hydrogen) atoms. The average molecular weight is 475 g/mol. The van der Waals surface area contributed by atoms with Crippen molar-refractivity contribution >= 4 is 50.3 Å². The number of carbonyl (C=O) groups excluding carboxylic acids is 2. The molecule has 3 aromatic rings. The molecule has 2 amide bonds. The summed E-state index contributed by atoms with van der Waals surface area (Å²) in [5, 5.41) is 5.27. The van der Waals surface area contributed by atoms with Crippen LogP contribution in [0.2, 0.25) is 5.02 Å². The predicted molar refractivity (Wildman–Crippen MR) is 129 cm³/mol. The van der Waals surface area contributed by atoms with E-state index in [0.29, 0.717) is 16.7 Å². The Hall–Kier alpha value is -2.68. The summed E-state index contributed by atoms with van der Waals surface area (Å²) in [6, 6.07) is 13.0. The van der Waals surface area contributed by atoms with Crippen LogP contribution in [-0.2, 0) is 16.1 Å². The number of thiazole rings is 1. The van der Waals surface area contributed by atoms with E-state index in [2.05, 4.69) is 15.7 Å². The second kappa shape index (κ2) is 10.8. The van der Waals surface area contributed by atoms with Gasteiger partial charge in [-0.15, -0.1) is 0 Å². The number of amides is 2. The number of halogens is 1. The van der Waals surface area contributed by atoms with Gasteiger partial charge in [0.25, 0.3) is 0 Å². The van der Waals surface area contributed by atoms with Gasteiger partial charge >= 0.3 is 6.09 Å². The van der Waals surface area contributed by atoms with Crippen LogP contribution in [0.5, 0.6) is 0 Å². The molecule has 1 heterocycles. The van der Waals surface area contributed by atoms with E-state index >= 15 is 0 Å². The topological polar surface area (TPSA) is 83.6 Å². The number of hydrazine groups is 1. The van der Waals surface area contributed by atoms with E-state index in [1.54, 1.807) is 6.07 Å². The van der Waals surface area contributed by atoms with Crippen LogP contribution in [0.4, 0.5) is 9.93 Å². The SMILES string of the molecule is CC(=O)N(NCc1ccccc1Cl)[C@H](COC(=O)Nc1nc2ccc(C)cc2s1)C(C)C. The lowest BCUT2D eigenvalue weighted by molar-refractivity contribution is -0.137. The first-order chi connectivity index (χ1) is 15.2. The zero-order valence-corrected chi connectivity index (χ0v) is 20.1. The molecule has 0 radical (unpaired) electrons. The maximum Gasteiger partial charge on any atom is 0.413 e. The highest BCUT2D eigenvalue weighted by Crippen LogP contribution is 2.26. The summed E-state index contributed by atoms with van der Waals surface area (Å²) >= 11 is 7.61. The Balaban J connectivity index is 1.62. The van der Waals surface area contributed by atoms with Gasteiger partial charge in [0, 0.05) is 18.5 Å². The molecule has 9 heteroatoms. The number of carbonyl (C=O) groups is 2. The predicted octanol–water partition coefficient (Wildman–Crippen LogP) is 5.38. The lowest BCUT2D eigenvalue weighted by Crippen LogP contribution is -2.52. The lowest BCUT2D eigenvalue weighted by Gasteiger charge is -2.33. The van der Waals surface area contributed by atoms with Gasteiger partial charge in [-0.1, -0.05) is 61.1 Å². The van der Waals surface area contributed by atoms with Gasteiger partial charge in [-0.25, -0.2) is 15.2 Å². The molecule has 170 valence electrons. The van der Waals surface area contributed by atoms with Gasteiger partial charge < -0.3 is 4.74 Å². The van der Waals surface area contributed by atoms with Crippen LogP contribution in [0.3, 0.4) is 0 Å². The number of nitrogens with zero attached hydrogens (tertiary/aromatic N) is 2. The number of nitrogens with one attached hydrogen (secondary N) is 2. The first-order valence-electron chi connectivity index (χ1n) is 10.3. The summed E-state index contributed by atoms with van der Waals surface area (Å²) < 4.78 is 6.45. The molecule has 7 nitrogen and oxygen atoms in total. The number of ether oxygens (including phenoxy) is 1. The minimum absolute atomic E-state index is 0.0304. The van der Waals surface area contributed by atoms with Crippen molar-refractivity contribution < 1.29 is 14.3 Å². The van der Waals surface area contributed by atoms with Gasteiger partial charge in [0.1, 0.15) is 6.61 Å². The molecule has 2 N–H and O–H groups in total. The molecule has 0 saturated carbocycles. The van der Waals surface area contributed by atoms with Crippen LogP contribution in [0.15, 0.2) is 42.5 Å². The third-order valence-corrected chi connectivity index (χ3v) is 6.28. The molecule has 0 aliphatic heterocycles. The van der Waals surface area contributed by atoms with E-state index in [4.69, 9.17) is 16.3 Å². The molecular weight excluding hydrogens is 448 g/mol. The van der Waals surface area contributed by atoms with E-state index in [0.717, 1.165) is 21.3 Å². The van der Waals surface area contributed by atoms with E-state index < -0.39 is 6.09 Å². The fraction of sp³-hybridized carbons (Fsp3) is 0.348. The largest absolute Gasteiger partial charge is 0.447 e. The molecule has 0 aliphatic rings. The van der Waals surface area contributed by atoms with Crippen molar-refractivity contribution in [3.8, 4) is 0 Å². The van der Waals surface area contributed by atoms with Gasteiger partial charge in [-0.3, -0.25) is 15.1 Å². The second-order valence-corrected chi connectivity index (χ2v) is 9.28. The van der Waals surface area contributed by atoms with Crippen LogP contribution in [0, 0.1) is 12.8 Å². The van der Waals surface area contributed by atoms with Crippen LogP contribution in [0.25, 0.3) is 10.2 Å². The van der Waals surface area contributed by atoms with Crippen LogP contribution in [0.1, 0.15) is 31.9 Å². The summed E-state index contributed by atoms with van der Waals surface area (Å²) in [5.74, 6) is -0.142. The summed E-state index contributed by atoms with van der Waals surface area (Å²) in [6.45, 7) is 7.82. The van der Waals surface area contributed by atoms with Gasteiger partial charge in [-0.2, -0.15) is 0 Å². The molecule has 1 atom stereocenters. The first-order valence-corrected chi connectivity index (χ1v) is 11.5. The van der Waals surface area contributed by atoms with Gasteiger partial charge in [0.2, 0.25) is 5.91 Å². The molecule has 2 aromatic carbocycles. The number of fused-ring (bicyclic) bond motifs is 1. The second-order valence-electron chi connectivity index (χ2n) is 7.84. The first kappa shape index (κ1) is 24.0. The zero-order chi connectivity index (χ0) is 23.3. The van der Waals surface area contributed by atoms with E-state index in [1.807, 2.05) is 57.2 Å². The van der Waals surface area contributed by atoms with E-state index in [-0.39, 0.29) is 24.5 Å². The number of aryl methyl sites for hydroxylation is 1. The fourth-order valence-electron chi connectivity index (χ4n) is 3.21. The molecular formula is C23H27ClN4O3S. The van der Waals surface area contributed by atoms with Crippen LogP contribution in [-0.4, -0.2) is 34.6 Å². The van der Waals surface area contributed by atoms with Gasteiger partial charge in [0.15, 0.2) is 5.13 Å². The molecule has 0 spiro atoms. The molecule has 3 rings (SSSR count). The fourth-order valence-corrected chi connectivity index (χ4v) is 4.36. The zero-order valence-electron chi connectivity index (χ0n) is 18.5. The number of aromatic nitrogens is 1. The maximum atomic E-state index is 12.4. The highest BCUT2D eigenvalue weighted by molar-refractivity contribution is 7.22. The lowest BCUT2D eigenvalue weighted by atomic mass is 10.0. The van der Waals surface area contributed by atoms with Gasteiger partial charge in [0.05, 0.1) is 16.3 Å². The van der Waals surface area contributed by atoms with Crippen molar-refractivity contribution in [3.63, 3.8) is 0 Å². The van der Waals surface area contributed by atoms with Crippen molar-refractivity contribution in [1.29, 1.82) is 0 Å². The summed E-state index contributed by atoms with van der Waals surface area (Å²) in [6.07, 6.45) is -0.610. The number of hydrogen-bond donors (Lipinski definition) is 2. The van der Waals surface area contributed by atoms with Crippen molar-refractivity contribution in [2.24, 2.45) is 5.92 Å². The Labute approximate surface area is 196 Å². The Morgan fingerprint density at radius 3 is 2.66 bits per heavy atom. The standard InChI is InChI=1S/C23H27ClN4O3S/c1-14(2)20(28(16(4)29)25-12-17-7-5-6-8-18(17)24)13-31-23(30)27-22-26-19-10-9-15(3)11-21(19)32-22/h5-11,14,20,25H,12-13H2,1-4H3,(H,26,27,30)/t20-/m1/s1. The highest BCUT2D eigenvalue weighted by Gasteiger charge is 2.26. The van der Waals surface area contributed by atoms with Crippen molar-refractivity contribution in [1.82, 2.24) is 15.4 Å². The van der Waals surface area contributed by atoms with Crippen molar-refractivity contribution in [2.45, 2.75) is 40.3 Å². The number of benzene rings is 2. The van der Waals surface area contributed by atoms with Crippen molar-refractivity contribution in [2.75, 3.05) is 11.9 Å². The highest BCUT2D eigenvalue weighted by atomic mass is 35.5. The number of hydrogen-bond acceptors (Lipinski definition) is 6. The van der Waals surface area contributed by atoms with Crippen molar-refractivity contribution in [3.05, 3.63) is 58.6 Å². The Morgan fingerprint density at radius 2 is 1.97 bits per heavy atom. The molecule has 0 aliphatic carbocycles. The number of anilines is 1. The number of rotatable bonds is 8. The smallest absolute Gasteiger partial charge is 0.413 e. The molecule has 0 unspecified atom stereocenters. The maximum absolute atomic E-state index is 12.4. The minimum Gasteiger partial charge on any atom is -0.447 e. The van der Waals surface area contributed by atoms with E-state index in [1.165, 1.54) is 23.3 Å². The Bertz CT molecular complexity index is 1100. The monoisotopic (exact) mass is 474 g/mol. The normalized spacial score (nSPS) is 12.1. The summed E-state index contributed by atoms with van der Waals surface area (Å²) in [4.78, 5) is 29.1. The molecule has 0 fully saturated rings. The van der Waals surface area contributed by atoms with E-state index in [9.17, 15) is 9.59 Å². The summed E-state index contributed by atoms with van der Waals surface area (Å²) in [5.41, 5.74) is 5.95. The quantitative estimate of drug-likeness (QED) is 0.428. The van der Waals surface area contributed by atoms with Gasteiger partial charge in [-0.05, 0) is 42.2 Å². The molecule has 1 aromatic heterocycles. The minimum atomic E-state index is -0.610.